The van der Waals surface area contributed by atoms with Gasteiger partial charge < -0.3 is 14.8 Å². The number of rotatable bonds is 4. The summed E-state index contributed by atoms with van der Waals surface area (Å²) in [4.78, 5) is 20.1. The van der Waals surface area contributed by atoms with Crippen LogP contribution in [0, 0.1) is 0 Å². The lowest BCUT2D eigenvalue weighted by atomic mass is 10.2. The Bertz CT molecular complexity index is 751. The van der Waals surface area contributed by atoms with Gasteiger partial charge in [0, 0.05) is 5.69 Å². The molecule has 1 N–H and O–H groups in total. The van der Waals surface area contributed by atoms with E-state index in [1.54, 1.807) is 0 Å². The predicted octanol–water partition coefficient (Wildman–Crippen LogP) is 3.53. The van der Waals surface area contributed by atoms with Crippen LogP contribution in [0.3, 0.4) is 0 Å². The summed E-state index contributed by atoms with van der Waals surface area (Å²) < 4.78 is 47.7. The third-order valence-corrected chi connectivity index (χ3v) is 3.58. The first kappa shape index (κ1) is 18.0. The first-order chi connectivity index (χ1) is 11.3. The van der Waals surface area contributed by atoms with E-state index in [9.17, 15) is 18.0 Å². The molecule has 10 heteroatoms. The number of aromatic nitrogens is 2. The average molecular weight is 406 g/mol. The number of alkyl halides is 3. The van der Waals surface area contributed by atoms with Gasteiger partial charge >= 0.3 is 12.2 Å². The predicted molar refractivity (Wildman–Crippen MR) is 82.2 cm³/mol. The molecule has 2 aromatic rings. The molecule has 0 saturated carbocycles. The van der Waals surface area contributed by atoms with E-state index in [4.69, 9.17) is 9.47 Å². The van der Waals surface area contributed by atoms with Crippen LogP contribution in [-0.2, 0) is 6.18 Å². The zero-order valence-electron chi connectivity index (χ0n) is 12.4. The number of benzene rings is 1. The Kier molecular flexibility index (Phi) is 5.27. The van der Waals surface area contributed by atoms with Crippen LogP contribution in [0.5, 0.6) is 11.9 Å². The van der Waals surface area contributed by atoms with E-state index in [-0.39, 0.29) is 27.7 Å². The van der Waals surface area contributed by atoms with Crippen molar-refractivity contribution in [2.45, 2.75) is 6.18 Å². The van der Waals surface area contributed by atoms with Crippen molar-refractivity contribution < 1.29 is 27.4 Å². The molecule has 24 heavy (non-hydrogen) atoms. The van der Waals surface area contributed by atoms with E-state index in [1.165, 1.54) is 14.2 Å². The van der Waals surface area contributed by atoms with Crippen LogP contribution in [0.1, 0.15) is 16.1 Å². The Morgan fingerprint density at radius 3 is 2.25 bits per heavy atom. The topological polar surface area (TPSA) is 73.3 Å². The summed E-state index contributed by atoms with van der Waals surface area (Å²) in [5, 5.41) is 2.44. The number of carbonyl (C=O) groups is 1. The molecule has 0 atom stereocenters. The molecule has 1 amide bonds. The quantitative estimate of drug-likeness (QED) is 0.841. The van der Waals surface area contributed by atoms with Crippen molar-refractivity contribution in [3.8, 4) is 11.9 Å². The van der Waals surface area contributed by atoms with Gasteiger partial charge in [0.1, 0.15) is 4.47 Å². The number of nitrogens with one attached hydrogen (secondary N) is 1. The maximum atomic E-state index is 12.5. The number of hydrogen-bond donors (Lipinski definition) is 1. The lowest BCUT2D eigenvalue weighted by Gasteiger charge is -2.11. The Balaban J connectivity index is 2.27. The fourth-order valence-corrected chi connectivity index (χ4v) is 2.24. The molecular weight excluding hydrogens is 395 g/mol. The number of amides is 1. The second-order valence-electron chi connectivity index (χ2n) is 4.41. The Hall–Kier alpha value is -2.36. The number of carbonyl (C=O) groups excluding carboxylic acids is 1. The molecule has 1 aromatic carbocycles. The van der Waals surface area contributed by atoms with Crippen molar-refractivity contribution in [2.75, 3.05) is 19.5 Å². The Labute approximate surface area is 143 Å². The summed E-state index contributed by atoms with van der Waals surface area (Å²) in [6.45, 7) is 0. The second-order valence-corrected chi connectivity index (χ2v) is 5.20. The average Bonchev–Trinajstić information content (AvgIpc) is 2.54. The molecule has 1 aromatic heterocycles. The minimum atomic E-state index is -4.45. The molecule has 0 fully saturated rings. The summed E-state index contributed by atoms with van der Waals surface area (Å²) in [6, 6.07) is 3.93. The number of anilines is 1. The summed E-state index contributed by atoms with van der Waals surface area (Å²) in [5.74, 6) is -0.583. The molecule has 0 spiro atoms. The maximum absolute atomic E-state index is 12.5. The van der Waals surface area contributed by atoms with Crippen molar-refractivity contribution in [1.29, 1.82) is 0 Å². The zero-order chi connectivity index (χ0) is 17.9. The molecule has 0 bridgehead atoms. The van der Waals surface area contributed by atoms with Gasteiger partial charge in [0.25, 0.3) is 5.91 Å². The molecule has 0 aliphatic heterocycles. The SMILES string of the molecule is COc1nc(OC)c(Br)c(C(=O)Nc2ccc(C(F)(F)F)cc2)n1. The minimum absolute atomic E-state index is 0.0828. The fourth-order valence-electron chi connectivity index (χ4n) is 1.72. The molecule has 128 valence electrons. The number of nitrogens with zero attached hydrogens (tertiary/aromatic N) is 2. The molecule has 0 saturated heterocycles. The monoisotopic (exact) mass is 405 g/mol. The van der Waals surface area contributed by atoms with Gasteiger partial charge in [-0.15, -0.1) is 0 Å². The van der Waals surface area contributed by atoms with Crippen molar-refractivity contribution >= 4 is 27.5 Å². The highest BCUT2D eigenvalue weighted by atomic mass is 79.9. The molecule has 0 radical (unpaired) electrons. The summed E-state index contributed by atoms with van der Waals surface area (Å²) in [7, 11) is 2.67. The lowest BCUT2D eigenvalue weighted by molar-refractivity contribution is -0.137. The molecule has 0 aliphatic carbocycles. The van der Waals surface area contributed by atoms with Crippen molar-refractivity contribution in [2.24, 2.45) is 0 Å². The lowest BCUT2D eigenvalue weighted by Crippen LogP contribution is -2.16. The van der Waals surface area contributed by atoms with Gasteiger partial charge in [-0.25, -0.2) is 0 Å². The molecule has 2 rings (SSSR count). The standard InChI is InChI=1S/C14H11BrF3N3O3/c1-23-12-9(15)10(20-13(21-12)24-2)11(22)19-8-5-3-7(4-6-8)14(16,17)18/h3-6H,1-2H3,(H,19,22). The van der Waals surface area contributed by atoms with Gasteiger partial charge in [-0.3, -0.25) is 4.79 Å². The van der Waals surface area contributed by atoms with Crippen molar-refractivity contribution in [3.05, 3.63) is 40.0 Å². The van der Waals surface area contributed by atoms with E-state index in [0.29, 0.717) is 0 Å². The van der Waals surface area contributed by atoms with Gasteiger partial charge in [0.2, 0.25) is 5.88 Å². The molecule has 0 unspecified atom stereocenters. The smallest absolute Gasteiger partial charge is 0.416 e. The molecule has 1 heterocycles. The van der Waals surface area contributed by atoms with Gasteiger partial charge in [-0.1, -0.05) is 0 Å². The van der Waals surface area contributed by atoms with Crippen molar-refractivity contribution in [3.63, 3.8) is 0 Å². The van der Waals surface area contributed by atoms with Crippen LogP contribution >= 0.6 is 15.9 Å². The first-order valence-electron chi connectivity index (χ1n) is 6.40. The fraction of sp³-hybridized carbons (Fsp3) is 0.214. The highest BCUT2D eigenvalue weighted by Crippen LogP contribution is 2.31. The van der Waals surface area contributed by atoms with Crippen LogP contribution in [0.2, 0.25) is 0 Å². The van der Waals surface area contributed by atoms with E-state index >= 15 is 0 Å². The van der Waals surface area contributed by atoms with Crippen LogP contribution in [-0.4, -0.2) is 30.1 Å². The summed E-state index contributed by atoms with van der Waals surface area (Å²) in [6.07, 6.45) is -4.45. The Morgan fingerprint density at radius 2 is 1.75 bits per heavy atom. The third-order valence-electron chi connectivity index (χ3n) is 2.86. The highest BCUT2D eigenvalue weighted by Gasteiger charge is 2.30. The number of methoxy groups -OCH3 is 2. The second kappa shape index (κ2) is 7.04. The normalized spacial score (nSPS) is 11.1. The van der Waals surface area contributed by atoms with Crippen LogP contribution < -0.4 is 14.8 Å². The van der Waals surface area contributed by atoms with E-state index in [0.717, 1.165) is 24.3 Å². The summed E-state index contributed by atoms with van der Waals surface area (Å²) >= 11 is 3.14. The number of ether oxygens (including phenoxy) is 2. The van der Waals surface area contributed by atoms with Gasteiger partial charge in [-0.05, 0) is 40.2 Å². The van der Waals surface area contributed by atoms with Crippen LogP contribution in [0.4, 0.5) is 18.9 Å². The maximum Gasteiger partial charge on any atom is 0.416 e. The minimum Gasteiger partial charge on any atom is -0.480 e. The zero-order valence-corrected chi connectivity index (χ0v) is 14.0. The largest absolute Gasteiger partial charge is 0.480 e. The molecule has 6 nitrogen and oxygen atoms in total. The van der Waals surface area contributed by atoms with Gasteiger partial charge in [0.05, 0.1) is 19.8 Å². The number of hydrogen-bond acceptors (Lipinski definition) is 5. The van der Waals surface area contributed by atoms with Gasteiger partial charge in [0.15, 0.2) is 5.69 Å². The van der Waals surface area contributed by atoms with Crippen molar-refractivity contribution in [1.82, 2.24) is 9.97 Å². The molecule has 0 aliphatic rings. The van der Waals surface area contributed by atoms with E-state index < -0.39 is 17.6 Å². The first-order valence-corrected chi connectivity index (χ1v) is 7.19. The van der Waals surface area contributed by atoms with E-state index in [2.05, 4.69) is 31.2 Å². The molecular formula is C14H11BrF3N3O3. The third kappa shape index (κ3) is 3.94. The van der Waals surface area contributed by atoms with Crippen LogP contribution in [0.15, 0.2) is 28.7 Å². The van der Waals surface area contributed by atoms with E-state index in [1.807, 2.05) is 0 Å². The number of halogens is 4. The van der Waals surface area contributed by atoms with Crippen LogP contribution in [0.25, 0.3) is 0 Å². The highest BCUT2D eigenvalue weighted by molar-refractivity contribution is 9.10. The summed E-state index contributed by atoms with van der Waals surface area (Å²) in [5.41, 5.74) is -0.720. The van der Waals surface area contributed by atoms with Gasteiger partial charge in [-0.2, -0.15) is 23.1 Å². The Morgan fingerprint density at radius 1 is 1.12 bits per heavy atom.